The number of pyridine rings is 1. The molecule has 0 aliphatic heterocycles. The molecule has 3 rings (SSSR count). The zero-order chi connectivity index (χ0) is 17.5. The Morgan fingerprint density at radius 1 is 1.04 bits per heavy atom. The molecule has 1 aromatic carbocycles. The van der Waals surface area contributed by atoms with Gasteiger partial charge in [-0.3, -0.25) is 0 Å². The molecule has 0 fully saturated rings. The summed E-state index contributed by atoms with van der Waals surface area (Å²) in [6.45, 7) is 0. The molecule has 0 atom stereocenters. The van der Waals surface area contributed by atoms with Crippen LogP contribution in [0.3, 0.4) is 0 Å². The van der Waals surface area contributed by atoms with E-state index in [1.165, 1.54) is 0 Å². The second kappa shape index (κ2) is 5.55. The van der Waals surface area contributed by atoms with Crippen LogP contribution in [0.25, 0.3) is 17.3 Å². The van der Waals surface area contributed by atoms with Gasteiger partial charge in [-0.2, -0.15) is 13.2 Å². The molecule has 0 aliphatic carbocycles. The lowest BCUT2D eigenvalue weighted by Crippen LogP contribution is -2.20. The van der Waals surface area contributed by atoms with Gasteiger partial charge in [0.25, 0.3) is 5.89 Å². The Balaban J connectivity index is 2.21. The van der Waals surface area contributed by atoms with E-state index in [0.29, 0.717) is 6.07 Å². The Hall–Kier alpha value is -3.04. The van der Waals surface area contributed by atoms with Crippen molar-refractivity contribution < 1.29 is 26.4 Å². The van der Waals surface area contributed by atoms with E-state index in [4.69, 9.17) is 0 Å². The Bertz CT molecular complexity index is 941. The van der Waals surface area contributed by atoms with E-state index in [9.17, 15) is 26.7 Å². The van der Waals surface area contributed by atoms with Crippen molar-refractivity contribution in [1.29, 1.82) is 0 Å². The zero-order valence-electron chi connectivity index (χ0n) is 11.5. The van der Waals surface area contributed by atoms with Crippen molar-refractivity contribution in [2.75, 3.05) is 0 Å². The highest BCUT2D eigenvalue weighted by Crippen LogP contribution is 2.32. The minimum absolute atomic E-state index is 0.198. The molecule has 2 heterocycles. The van der Waals surface area contributed by atoms with Crippen molar-refractivity contribution in [3.8, 4) is 17.3 Å². The van der Waals surface area contributed by atoms with Crippen LogP contribution in [0.1, 0.15) is 5.56 Å². The highest BCUT2D eigenvalue weighted by Gasteiger charge is 2.36. The van der Waals surface area contributed by atoms with Gasteiger partial charge in [-0.15, -0.1) is 9.78 Å². The second-order valence-electron chi connectivity index (χ2n) is 4.55. The van der Waals surface area contributed by atoms with Crippen LogP contribution in [0.15, 0.2) is 45.7 Å². The molecule has 24 heavy (non-hydrogen) atoms. The highest BCUT2D eigenvalue weighted by atomic mass is 19.4. The van der Waals surface area contributed by atoms with E-state index < -0.39 is 46.4 Å². The smallest absolute Gasteiger partial charge is 0.387 e. The SMILES string of the molecule is O=c1oc(-c2c(F)cccc2F)nn1-c1ncccc1C(F)(F)F. The molecular formula is C14H6F5N3O2. The first-order chi connectivity index (χ1) is 11.3. The molecule has 0 spiro atoms. The average Bonchev–Trinajstić information content (AvgIpc) is 2.87. The quantitative estimate of drug-likeness (QED) is 0.671. The molecule has 0 radical (unpaired) electrons. The number of alkyl halides is 3. The molecule has 2 aromatic heterocycles. The third-order valence-corrected chi connectivity index (χ3v) is 3.02. The molecule has 5 nitrogen and oxygen atoms in total. The second-order valence-corrected chi connectivity index (χ2v) is 4.55. The molecule has 0 saturated carbocycles. The fourth-order valence-electron chi connectivity index (χ4n) is 2.00. The Morgan fingerprint density at radius 3 is 2.33 bits per heavy atom. The summed E-state index contributed by atoms with van der Waals surface area (Å²) >= 11 is 0. The highest BCUT2D eigenvalue weighted by molar-refractivity contribution is 5.54. The van der Waals surface area contributed by atoms with Gasteiger partial charge in [-0.1, -0.05) is 6.07 Å². The molecule has 0 aliphatic rings. The van der Waals surface area contributed by atoms with Gasteiger partial charge in [0, 0.05) is 6.20 Å². The fraction of sp³-hybridized carbons (Fsp3) is 0.0714. The molecule has 10 heteroatoms. The summed E-state index contributed by atoms with van der Waals surface area (Å²) in [4.78, 5) is 15.3. The Labute approximate surface area is 130 Å². The average molecular weight is 343 g/mol. The van der Waals surface area contributed by atoms with Gasteiger partial charge in [0.2, 0.25) is 0 Å². The van der Waals surface area contributed by atoms with Gasteiger partial charge in [0.05, 0.1) is 0 Å². The van der Waals surface area contributed by atoms with Crippen LogP contribution < -0.4 is 5.76 Å². The van der Waals surface area contributed by atoms with Gasteiger partial charge in [-0.25, -0.2) is 18.6 Å². The van der Waals surface area contributed by atoms with E-state index >= 15 is 0 Å². The van der Waals surface area contributed by atoms with Crippen molar-refractivity contribution in [2.45, 2.75) is 6.18 Å². The number of halogens is 5. The Morgan fingerprint density at radius 2 is 1.71 bits per heavy atom. The molecule has 124 valence electrons. The number of benzene rings is 1. The number of nitrogens with zero attached hydrogens (tertiary/aromatic N) is 3. The summed E-state index contributed by atoms with van der Waals surface area (Å²) in [5, 5.41) is 3.44. The van der Waals surface area contributed by atoms with E-state index in [-0.39, 0.29) is 4.68 Å². The van der Waals surface area contributed by atoms with Gasteiger partial charge in [-0.05, 0) is 24.3 Å². The molecule has 0 unspecified atom stereocenters. The van der Waals surface area contributed by atoms with Gasteiger partial charge >= 0.3 is 11.9 Å². The lowest BCUT2D eigenvalue weighted by molar-refractivity contribution is -0.137. The van der Waals surface area contributed by atoms with Crippen LogP contribution in [0.4, 0.5) is 22.0 Å². The number of aromatic nitrogens is 3. The molecule has 0 bridgehead atoms. The first-order valence-electron chi connectivity index (χ1n) is 6.36. The van der Waals surface area contributed by atoms with Crippen LogP contribution in [0, 0.1) is 11.6 Å². The van der Waals surface area contributed by atoms with Crippen molar-refractivity contribution in [3.05, 3.63) is 64.3 Å². The molecule has 0 amide bonds. The summed E-state index contributed by atoms with van der Waals surface area (Å²) in [5.74, 6) is -5.19. The monoisotopic (exact) mass is 343 g/mol. The summed E-state index contributed by atoms with van der Waals surface area (Å²) in [7, 11) is 0. The maximum atomic E-state index is 13.7. The lowest BCUT2D eigenvalue weighted by Gasteiger charge is -2.09. The van der Waals surface area contributed by atoms with E-state index in [2.05, 4.69) is 14.5 Å². The van der Waals surface area contributed by atoms with Crippen LogP contribution in [-0.4, -0.2) is 14.8 Å². The van der Waals surface area contributed by atoms with Crippen molar-refractivity contribution in [2.24, 2.45) is 0 Å². The topological polar surface area (TPSA) is 60.9 Å². The van der Waals surface area contributed by atoms with Gasteiger partial charge in [0.15, 0.2) is 5.82 Å². The first-order valence-corrected chi connectivity index (χ1v) is 6.36. The standard InChI is InChI=1S/C14H6F5N3O2/c15-8-4-1-5-9(16)10(8)12-21-22(13(23)24-12)11-7(14(17,18)19)3-2-6-20-11/h1-6H. The summed E-state index contributed by atoms with van der Waals surface area (Å²) in [6, 6.07) is 4.56. The third-order valence-electron chi connectivity index (χ3n) is 3.02. The fourth-order valence-corrected chi connectivity index (χ4v) is 2.00. The predicted octanol–water partition coefficient (Wildman–Crippen LogP) is 3.18. The summed E-state index contributed by atoms with van der Waals surface area (Å²) in [5.41, 5.74) is -2.02. The summed E-state index contributed by atoms with van der Waals surface area (Å²) in [6.07, 6.45) is -3.81. The predicted molar refractivity (Wildman–Crippen MR) is 70.2 cm³/mol. The van der Waals surface area contributed by atoms with Crippen LogP contribution in [0.2, 0.25) is 0 Å². The van der Waals surface area contributed by atoms with E-state index in [1.807, 2.05) is 0 Å². The van der Waals surface area contributed by atoms with Crippen molar-refractivity contribution in [1.82, 2.24) is 14.8 Å². The van der Waals surface area contributed by atoms with Crippen LogP contribution >= 0.6 is 0 Å². The lowest BCUT2D eigenvalue weighted by atomic mass is 10.2. The first kappa shape index (κ1) is 15.8. The minimum Gasteiger partial charge on any atom is -0.387 e. The molecule has 3 aromatic rings. The normalized spacial score (nSPS) is 11.7. The van der Waals surface area contributed by atoms with Crippen molar-refractivity contribution >= 4 is 0 Å². The van der Waals surface area contributed by atoms with E-state index in [0.717, 1.165) is 30.5 Å². The largest absolute Gasteiger partial charge is 0.443 e. The number of rotatable bonds is 2. The maximum absolute atomic E-state index is 13.7. The van der Waals surface area contributed by atoms with Gasteiger partial charge < -0.3 is 4.42 Å². The maximum Gasteiger partial charge on any atom is 0.443 e. The van der Waals surface area contributed by atoms with Crippen LogP contribution in [0.5, 0.6) is 0 Å². The molecular weight excluding hydrogens is 337 g/mol. The Kier molecular flexibility index (Phi) is 3.66. The molecule has 0 N–H and O–H groups in total. The van der Waals surface area contributed by atoms with Crippen LogP contribution in [-0.2, 0) is 6.18 Å². The minimum atomic E-state index is -4.81. The summed E-state index contributed by atoms with van der Waals surface area (Å²) < 4.78 is 71.2. The van der Waals surface area contributed by atoms with E-state index in [1.54, 1.807) is 0 Å². The zero-order valence-corrected chi connectivity index (χ0v) is 11.5. The third kappa shape index (κ3) is 2.66. The number of hydrogen-bond donors (Lipinski definition) is 0. The number of hydrogen-bond acceptors (Lipinski definition) is 4. The van der Waals surface area contributed by atoms with Gasteiger partial charge in [0.1, 0.15) is 22.8 Å². The molecule has 0 saturated heterocycles. The van der Waals surface area contributed by atoms with Crippen molar-refractivity contribution in [3.63, 3.8) is 0 Å².